The van der Waals surface area contributed by atoms with Crippen LogP contribution in [-0.2, 0) is 10.0 Å². The Hall–Kier alpha value is -1.05. The summed E-state index contributed by atoms with van der Waals surface area (Å²) in [5, 5.41) is 0. The van der Waals surface area contributed by atoms with Gasteiger partial charge in [-0.05, 0) is 25.0 Å². The van der Waals surface area contributed by atoms with E-state index >= 15 is 0 Å². The van der Waals surface area contributed by atoms with E-state index in [1.54, 1.807) is 0 Å². The van der Waals surface area contributed by atoms with Crippen LogP contribution in [0.5, 0.6) is 0 Å². The van der Waals surface area contributed by atoms with Gasteiger partial charge < -0.3 is 5.73 Å². The number of benzene rings is 1. The molecule has 0 saturated carbocycles. The molecule has 0 bridgehead atoms. The van der Waals surface area contributed by atoms with E-state index in [1.165, 1.54) is 4.31 Å². The van der Waals surface area contributed by atoms with Crippen LogP contribution in [0.3, 0.4) is 0 Å². The molecule has 2 N–H and O–H groups in total. The number of sulfonamides is 1. The van der Waals surface area contributed by atoms with Crippen LogP contribution in [0.4, 0.5) is 8.78 Å². The van der Waals surface area contributed by atoms with Gasteiger partial charge in [-0.3, -0.25) is 0 Å². The number of hydrogen-bond donors (Lipinski definition) is 1. The number of piperidine rings is 1. The van der Waals surface area contributed by atoms with Crippen LogP contribution in [0.25, 0.3) is 0 Å². The van der Waals surface area contributed by atoms with Crippen molar-refractivity contribution in [1.82, 2.24) is 4.31 Å². The Kier molecular flexibility index (Phi) is 3.65. The van der Waals surface area contributed by atoms with Crippen LogP contribution in [0.2, 0.25) is 0 Å². The predicted octanol–water partition coefficient (Wildman–Crippen LogP) is 1.08. The van der Waals surface area contributed by atoms with Crippen LogP contribution in [0.15, 0.2) is 23.1 Å². The smallest absolute Gasteiger partial charge is 0.243 e. The second-order valence-electron chi connectivity index (χ2n) is 4.37. The van der Waals surface area contributed by atoms with Crippen molar-refractivity contribution in [3.8, 4) is 0 Å². The van der Waals surface area contributed by atoms with Crippen molar-refractivity contribution in [3.63, 3.8) is 0 Å². The van der Waals surface area contributed by atoms with E-state index in [2.05, 4.69) is 0 Å². The standard InChI is InChI=1S/C11H14F2N2O2S/c12-8-4-9(13)6-11(5-8)18(16,17)15-3-1-2-10(14)7-15/h4-6,10H,1-3,7,14H2/t10-/m0/s1. The molecule has 1 heterocycles. The van der Waals surface area contributed by atoms with Crippen molar-refractivity contribution in [2.24, 2.45) is 5.73 Å². The molecule has 100 valence electrons. The summed E-state index contributed by atoms with van der Waals surface area (Å²) >= 11 is 0. The van der Waals surface area contributed by atoms with Crippen LogP contribution in [0, 0.1) is 11.6 Å². The van der Waals surface area contributed by atoms with E-state index in [1.807, 2.05) is 0 Å². The quantitative estimate of drug-likeness (QED) is 0.879. The summed E-state index contributed by atoms with van der Waals surface area (Å²) in [5.41, 5.74) is 5.71. The average molecular weight is 276 g/mol. The zero-order valence-electron chi connectivity index (χ0n) is 9.64. The van der Waals surface area contributed by atoms with E-state index in [0.29, 0.717) is 19.0 Å². The van der Waals surface area contributed by atoms with Gasteiger partial charge in [-0.1, -0.05) is 0 Å². The number of nitrogens with two attached hydrogens (primary N) is 1. The molecule has 0 unspecified atom stereocenters. The lowest BCUT2D eigenvalue weighted by Crippen LogP contribution is -2.45. The molecule has 1 aliphatic rings. The zero-order chi connectivity index (χ0) is 13.3. The summed E-state index contributed by atoms with van der Waals surface area (Å²) in [6, 6.07) is 2.05. The number of rotatable bonds is 2. The molecule has 0 amide bonds. The molecule has 0 aliphatic carbocycles. The zero-order valence-corrected chi connectivity index (χ0v) is 10.5. The van der Waals surface area contributed by atoms with Gasteiger partial charge in [0.2, 0.25) is 10.0 Å². The van der Waals surface area contributed by atoms with Crippen LogP contribution in [-0.4, -0.2) is 31.9 Å². The van der Waals surface area contributed by atoms with Gasteiger partial charge in [0.15, 0.2) is 0 Å². The normalized spacial score (nSPS) is 22.1. The first-order chi connectivity index (χ1) is 8.39. The highest BCUT2D eigenvalue weighted by Crippen LogP contribution is 2.21. The third-order valence-electron chi connectivity index (χ3n) is 2.89. The minimum Gasteiger partial charge on any atom is -0.327 e. The van der Waals surface area contributed by atoms with E-state index < -0.39 is 21.7 Å². The van der Waals surface area contributed by atoms with Crippen molar-refractivity contribution in [1.29, 1.82) is 0 Å². The number of halogens is 2. The number of nitrogens with zero attached hydrogens (tertiary/aromatic N) is 1. The van der Waals surface area contributed by atoms with Gasteiger partial charge in [0, 0.05) is 25.2 Å². The Morgan fingerprint density at radius 2 is 1.83 bits per heavy atom. The molecule has 1 aliphatic heterocycles. The minimum atomic E-state index is -3.87. The van der Waals surface area contributed by atoms with Gasteiger partial charge in [0.1, 0.15) is 11.6 Å². The molecule has 1 atom stereocenters. The first-order valence-electron chi connectivity index (χ1n) is 5.61. The van der Waals surface area contributed by atoms with Crippen molar-refractivity contribution in [3.05, 3.63) is 29.8 Å². The average Bonchev–Trinajstić information content (AvgIpc) is 2.27. The summed E-state index contributed by atoms with van der Waals surface area (Å²) in [7, 11) is -3.87. The maximum absolute atomic E-state index is 13.1. The predicted molar refractivity (Wildman–Crippen MR) is 62.3 cm³/mol. The van der Waals surface area contributed by atoms with Crippen molar-refractivity contribution in [2.45, 2.75) is 23.8 Å². The summed E-state index contributed by atoms with van der Waals surface area (Å²) in [4.78, 5) is -0.367. The molecule has 18 heavy (non-hydrogen) atoms. The van der Waals surface area contributed by atoms with Crippen molar-refractivity contribution >= 4 is 10.0 Å². The van der Waals surface area contributed by atoms with Gasteiger partial charge >= 0.3 is 0 Å². The molecular formula is C11H14F2N2O2S. The lowest BCUT2D eigenvalue weighted by atomic mass is 10.1. The molecule has 0 aromatic heterocycles. The summed E-state index contributed by atoms with van der Waals surface area (Å²) < 4.78 is 51.6. The highest BCUT2D eigenvalue weighted by atomic mass is 32.2. The molecule has 1 aromatic rings. The molecule has 1 fully saturated rings. The van der Waals surface area contributed by atoms with Gasteiger partial charge in [-0.25, -0.2) is 17.2 Å². The monoisotopic (exact) mass is 276 g/mol. The lowest BCUT2D eigenvalue weighted by molar-refractivity contribution is 0.316. The van der Waals surface area contributed by atoms with Gasteiger partial charge in [-0.15, -0.1) is 0 Å². The van der Waals surface area contributed by atoms with Crippen molar-refractivity contribution < 1.29 is 17.2 Å². The highest BCUT2D eigenvalue weighted by Gasteiger charge is 2.29. The Bertz CT molecular complexity index is 528. The molecule has 0 spiro atoms. The third kappa shape index (κ3) is 2.68. The van der Waals surface area contributed by atoms with E-state index in [0.717, 1.165) is 18.6 Å². The van der Waals surface area contributed by atoms with Crippen LogP contribution < -0.4 is 5.73 Å². The molecule has 0 radical (unpaired) electrons. The fraction of sp³-hybridized carbons (Fsp3) is 0.455. The van der Waals surface area contributed by atoms with Crippen molar-refractivity contribution in [2.75, 3.05) is 13.1 Å². The Morgan fingerprint density at radius 1 is 1.22 bits per heavy atom. The number of hydrogen-bond acceptors (Lipinski definition) is 3. The summed E-state index contributed by atoms with van der Waals surface area (Å²) in [6.07, 6.45) is 1.40. The van der Waals surface area contributed by atoms with Crippen LogP contribution in [0.1, 0.15) is 12.8 Å². The minimum absolute atomic E-state index is 0.181. The second kappa shape index (κ2) is 4.91. The molecule has 1 aromatic carbocycles. The van der Waals surface area contributed by atoms with Gasteiger partial charge in [-0.2, -0.15) is 4.31 Å². The first kappa shape index (κ1) is 13.4. The third-order valence-corrected chi connectivity index (χ3v) is 4.74. The first-order valence-corrected chi connectivity index (χ1v) is 7.05. The molecule has 2 rings (SSSR count). The van der Waals surface area contributed by atoms with Gasteiger partial charge in [0.25, 0.3) is 0 Å². The van der Waals surface area contributed by atoms with Gasteiger partial charge in [0.05, 0.1) is 4.90 Å². The molecule has 1 saturated heterocycles. The van der Waals surface area contributed by atoms with E-state index in [4.69, 9.17) is 5.73 Å². The summed E-state index contributed by atoms with van der Waals surface area (Å²) in [6.45, 7) is 0.509. The fourth-order valence-corrected chi connectivity index (χ4v) is 3.60. The Labute approximate surface area is 104 Å². The highest BCUT2D eigenvalue weighted by molar-refractivity contribution is 7.89. The second-order valence-corrected chi connectivity index (χ2v) is 6.31. The maximum atomic E-state index is 13.1. The molecular weight excluding hydrogens is 262 g/mol. The summed E-state index contributed by atoms with van der Waals surface area (Å²) in [5.74, 6) is -1.82. The molecule has 7 heteroatoms. The SMILES string of the molecule is N[C@H]1CCCN(S(=O)(=O)c2cc(F)cc(F)c2)C1. The van der Waals surface area contributed by atoms with Crippen LogP contribution >= 0.6 is 0 Å². The maximum Gasteiger partial charge on any atom is 0.243 e. The van der Waals surface area contributed by atoms with E-state index in [-0.39, 0.29) is 17.5 Å². The molecule has 4 nitrogen and oxygen atoms in total. The topological polar surface area (TPSA) is 63.4 Å². The lowest BCUT2D eigenvalue weighted by Gasteiger charge is -2.29. The largest absolute Gasteiger partial charge is 0.327 e. The fourth-order valence-electron chi connectivity index (χ4n) is 2.02. The van der Waals surface area contributed by atoms with E-state index in [9.17, 15) is 17.2 Å². The Balaban J connectivity index is 2.35. The Morgan fingerprint density at radius 3 is 2.39 bits per heavy atom.